The molecule has 0 radical (unpaired) electrons. The van der Waals surface area contributed by atoms with Gasteiger partial charge in [-0.15, -0.1) is 0 Å². The summed E-state index contributed by atoms with van der Waals surface area (Å²) in [6.07, 6.45) is 6.17. The molecule has 0 fully saturated rings. The second-order valence-electron chi connectivity index (χ2n) is 8.39. The average molecular weight is 483 g/mol. The topological polar surface area (TPSA) is 118 Å². The van der Waals surface area contributed by atoms with Crippen molar-refractivity contribution in [2.75, 3.05) is 13.7 Å². The second kappa shape index (κ2) is 9.91. The summed E-state index contributed by atoms with van der Waals surface area (Å²) in [5, 5.41) is 13.5. The van der Waals surface area contributed by atoms with Crippen LogP contribution in [-0.2, 0) is 6.54 Å². The summed E-state index contributed by atoms with van der Waals surface area (Å²) < 4.78 is 7.43. The number of carbonyl (C=O) groups is 1. The lowest BCUT2D eigenvalue weighted by Gasteiger charge is -2.09. The van der Waals surface area contributed by atoms with Gasteiger partial charge in [-0.05, 0) is 61.4 Å². The maximum Gasteiger partial charge on any atom is 0.251 e. The molecule has 5 rings (SSSR count). The zero-order valence-electron chi connectivity index (χ0n) is 20.0. The third kappa shape index (κ3) is 4.63. The number of fused-ring (bicyclic) bond motifs is 1. The van der Waals surface area contributed by atoms with Gasteiger partial charge in [0, 0.05) is 42.8 Å². The molecule has 0 aliphatic heterocycles. The molecule has 0 aliphatic rings. The number of H-pyrrole nitrogens is 1. The molecule has 0 atom stereocenters. The van der Waals surface area contributed by atoms with Crippen LogP contribution in [0.1, 0.15) is 22.6 Å². The Bertz CT molecular complexity index is 1540. The molecule has 3 heterocycles. The Morgan fingerprint density at radius 2 is 2.00 bits per heavy atom. The number of nitrogens with zero attached hydrogens (tertiary/aromatic N) is 4. The fourth-order valence-electron chi connectivity index (χ4n) is 4.14. The van der Waals surface area contributed by atoms with E-state index in [-0.39, 0.29) is 11.7 Å². The number of methoxy groups -OCH3 is 1. The summed E-state index contributed by atoms with van der Waals surface area (Å²) >= 11 is 0. The van der Waals surface area contributed by atoms with Crippen LogP contribution in [0.4, 0.5) is 0 Å². The molecule has 0 aliphatic carbocycles. The Kier molecular flexibility index (Phi) is 6.36. The third-order valence-electron chi connectivity index (χ3n) is 6.06. The monoisotopic (exact) mass is 482 g/mol. The fourth-order valence-corrected chi connectivity index (χ4v) is 4.14. The van der Waals surface area contributed by atoms with Crippen molar-refractivity contribution in [1.29, 1.82) is 0 Å². The largest absolute Gasteiger partial charge is 0.507 e. The molecule has 3 aromatic heterocycles. The van der Waals surface area contributed by atoms with Crippen LogP contribution in [0.25, 0.3) is 33.5 Å². The first-order valence-corrected chi connectivity index (χ1v) is 11.6. The van der Waals surface area contributed by atoms with E-state index in [2.05, 4.69) is 29.8 Å². The van der Waals surface area contributed by atoms with Crippen LogP contribution in [0, 0.1) is 6.92 Å². The molecule has 9 nitrogen and oxygen atoms in total. The van der Waals surface area contributed by atoms with E-state index in [1.54, 1.807) is 49.8 Å². The summed E-state index contributed by atoms with van der Waals surface area (Å²) in [5.74, 6) is 1.89. The lowest BCUT2D eigenvalue weighted by atomic mass is 10.0. The second-order valence-corrected chi connectivity index (χ2v) is 8.39. The minimum absolute atomic E-state index is 0.0896. The molecule has 0 saturated heterocycles. The molecule has 0 spiro atoms. The highest BCUT2D eigenvalue weighted by atomic mass is 16.5. The van der Waals surface area contributed by atoms with Crippen LogP contribution in [0.15, 0.2) is 67.1 Å². The highest BCUT2D eigenvalue weighted by molar-refractivity contribution is 5.97. The number of hydrogen-bond acceptors (Lipinski definition) is 6. The lowest BCUT2D eigenvalue weighted by molar-refractivity contribution is 0.0953. The number of carbonyl (C=O) groups excluding carboxylic acids is 1. The van der Waals surface area contributed by atoms with Gasteiger partial charge in [0.05, 0.1) is 23.7 Å². The first-order valence-electron chi connectivity index (χ1n) is 11.6. The number of aromatic hydroxyl groups is 1. The maximum atomic E-state index is 12.7. The van der Waals surface area contributed by atoms with Gasteiger partial charge < -0.3 is 24.7 Å². The minimum Gasteiger partial charge on any atom is -0.507 e. The van der Waals surface area contributed by atoms with Crippen molar-refractivity contribution in [2.24, 2.45) is 0 Å². The molecule has 0 saturated carbocycles. The van der Waals surface area contributed by atoms with Crippen molar-refractivity contribution in [2.45, 2.75) is 19.9 Å². The number of aryl methyl sites for hydroxylation is 2. The van der Waals surface area contributed by atoms with Crippen LogP contribution >= 0.6 is 0 Å². The van der Waals surface area contributed by atoms with Gasteiger partial charge in [0.15, 0.2) is 0 Å². The predicted octanol–water partition coefficient (Wildman–Crippen LogP) is 4.33. The third-order valence-corrected chi connectivity index (χ3v) is 6.06. The zero-order valence-corrected chi connectivity index (χ0v) is 20.0. The van der Waals surface area contributed by atoms with Gasteiger partial charge in [0.25, 0.3) is 5.91 Å². The Balaban J connectivity index is 1.34. The number of phenolic OH excluding ortho intramolecular Hbond substituents is 1. The van der Waals surface area contributed by atoms with Crippen molar-refractivity contribution in [3.8, 4) is 34.1 Å². The average Bonchev–Trinajstić information content (AvgIpc) is 3.52. The van der Waals surface area contributed by atoms with E-state index >= 15 is 0 Å². The zero-order chi connectivity index (χ0) is 25.1. The van der Waals surface area contributed by atoms with Crippen molar-refractivity contribution in [3.05, 3.63) is 78.5 Å². The van der Waals surface area contributed by atoms with Gasteiger partial charge in [-0.25, -0.2) is 15.0 Å². The Morgan fingerprint density at radius 3 is 2.81 bits per heavy atom. The van der Waals surface area contributed by atoms with Crippen LogP contribution in [-0.4, -0.2) is 49.2 Å². The number of aromatic amines is 1. The van der Waals surface area contributed by atoms with E-state index in [0.717, 1.165) is 29.9 Å². The standard InChI is InChI=1S/C27H26N6O3/c1-17-28-12-14-33(17)13-4-11-29-26(35)19-6-8-22-23(16-19)32-25(31-22)21-15-18(7-9-24(21)34)20-5-3-10-30-27(20)36-2/h3,5-10,12,14-16,34H,4,11,13H2,1-2H3,(H,29,35)(H,31,32). The lowest BCUT2D eigenvalue weighted by Crippen LogP contribution is -2.25. The normalized spacial score (nSPS) is 11.1. The van der Waals surface area contributed by atoms with Crippen LogP contribution in [0.5, 0.6) is 11.6 Å². The van der Waals surface area contributed by atoms with E-state index < -0.39 is 0 Å². The van der Waals surface area contributed by atoms with Crippen LogP contribution in [0.2, 0.25) is 0 Å². The number of hydrogen-bond donors (Lipinski definition) is 3. The smallest absolute Gasteiger partial charge is 0.251 e. The maximum absolute atomic E-state index is 12.7. The molecule has 2 aromatic carbocycles. The molecule has 0 bridgehead atoms. The first kappa shape index (κ1) is 23.1. The number of nitrogens with one attached hydrogen (secondary N) is 2. The van der Waals surface area contributed by atoms with Gasteiger partial charge in [-0.2, -0.15) is 0 Å². The number of pyridine rings is 1. The Labute approximate surface area is 207 Å². The summed E-state index contributed by atoms with van der Waals surface area (Å²) in [7, 11) is 1.57. The number of phenols is 1. The van der Waals surface area contributed by atoms with E-state index in [4.69, 9.17) is 4.74 Å². The molecule has 182 valence electrons. The van der Waals surface area contributed by atoms with Gasteiger partial charge >= 0.3 is 0 Å². The van der Waals surface area contributed by atoms with Crippen molar-refractivity contribution >= 4 is 16.9 Å². The van der Waals surface area contributed by atoms with Gasteiger partial charge in [0.2, 0.25) is 5.88 Å². The molecule has 9 heteroatoms. The van der Waals surface area contributed by atoms with E-state index in [9.17, 15) is 9.90 Å². The number of benzene rings is 2. The van der Waals surface area contributed by atoms with Gasteiger partial charge in [0.1, 0.15) is 17.4 Å². The predicted molar refractivity (Wildman–Crippen MR) is 137 cm³/mol. The summed E-state index contributed by atoms with van der Waals surface area (Å²) in [6.45, 7) is 3.31. The summed E-state index contributed by atoms with van der Waals surface area (Å²) in [5.41, 5.74) is 4.11. The highest BCUT2D eigenvalue weighted by Crippen LogP contribution is 2.35. The number of imidazole rings is 2. The molecular weight excluding hydrogens is 456 g/mol. The van der Waals surface area contributed by atoms with Crippen molar-refractivity contribution < 1.29 is 14.6 Å². The van der Waals surface area contributed by atoms with Crippen LogP contribution in [0.3, 0.4) is 0 Å². The van der Waals surface area contributed by atoms with E-state index in [0.29, 0.717) is 40.4 Å². The van der Waals surface area contributed by atoms with E-state index in [1.807, 2.05) is 31.3 Å². The van der Waals surface area contributed by atoms with Gasteiger partial charge in [-0.1, -0.05) is 6.07 Å². The minimum atomic E-state index is -0.149. The van der Waals surface area contributed by atoms with E-state index in [1.165, 1.54) is 0 Å². The SMILES string of the molecule is COc1ncccc1-c1ccc(O)c(-c2nc3ccc(C(=O)NCCCn4ccnc4C)cc3[nH]2)c1. The molecule has 1 amide bonds. The number of aromatic nitrogens is 5. The van der Waals surface area contributed by atoms with Crippen molar-refractivity contribution in [1.82, 2.24) is 29.8 Å². The first-order chi connectivity index (χ1) is 17.5. The fraction of sp³-hybridized carbons (Fsp3) is 0.185. The highest BCUT2D eigenvalue weighted by Gasteiger charge is 2.15. The van der Waals surface area contributed by atoms with Crippen LogP contribution < -0.4 is 10.1 Å². The molecule has 36 heavy (non-hydrogen) atoms. The number of ether oxygens (including phenoxy) is 1. The van der Waals surface area contributed by atoms with Crippen molar-refractivity contribution in [3.63, 3.8) is 0 Å². The molecular formula is C27H26N6O3. The molecule has 5 aromatic rings. The summed E-state index contributed by atoms with van der Waals surface area (Å²) in [4.78, 5) is 29.0. The quantitative estimate of drug-likeness (QED) is 0.283. The Hall–Kier alpha value is -4.66. The summed E-state index contributed by atoms with van der Waals surface area (Å²) in [6, 6.07) is 14.3. The number of rotatable bonds is 8. The molecule has 0 unspecified atom stereocenters. The van der Waals surface area contributed by atoms with Gasteiger partial charge in [-0.3, -0.25) is 4.79 Å². The number of amides is 1. The molecule has 3 N–H and O–H groups in total. The Morgan fingerprint density at radius 1 is 1.11 bits per heavy atom.